The van der Waals surface area contributed by atoms with Gasteiger partial charge >= 0.3 is 12.0 Å². The molecule has 0 aliphatic carbocycles. The summed E-state index contributed by atoms with van der Waals surface area (Å²) in [5, 5.41) is 16.3. The third-order valence-corrected chi connectivity index (χ3v) is 2.64. The summed E-state index contributed by atoms with van der Waals surface area (Å²) in [5.41, 5.74) is 0.935. The summed E-state index contributed by atoms with van der Waals surface area (Å²) in [7, 11) is 1.46. The molecule has 1 aromatic rings. The van der Waals surface area contributed by atoms with Crippen LogP contribution >= 0.6 is 0 Å². The van der Waals surface area contributed by atoms with Gasteiger partial charge in [0.1, 0.15) is 6.04 Å². The van der Waals surface area contributed by atoms with Crippen LogP contribution in [0.3, 0.4) is 0 Å². The molecule has 4 N–H and O–H groups in total. The van der Waals surface area contributed by atoms with E-state index >= 15 is 0 Å². The summed E-state index contributed by atoms with van der Waals surface area (Å²) in [6.07, 6.45) is 0. The van der Waals surface area contributed by atoms with Crippen LogP contribution in [-0.2, 0) is 4.79 Å². The van der Waals surface area contributed by atoms with E-state index in [1.54, 1.807) is 13.0 Å². The number of urea groups is 1. The van der Waals surface area contributed by atoms with Crippen molar-refractivity contribution in [1.29, 1.82) is 0 Å². The Bertz CT molecular complexity index is 542. The van der Waals surface area contributed by atoms with E-state index in [1.807, 2.05) is 0 Å². The van der Waals surface area contributed by atoms with Crippen LogP contribution in [0.15, 0.2) is 18.2 Å². The predicted molar refractivity (Wildman–Crippen MR) is 73.8 cm³/mol. The van der Waals surface area contributed by atoms with Gasteiger partial charge in [-0.05, 0) is 26.0 Å². The number of anilines is 1. The van der Waals surface area contributed by atoms with Crippen molar-refractivity contribution in [1.82, 2.24) is 10.6 Å². The number of carbonyl (C=O) groups is 3. The molecule has 0 aromatic heterocycles. The Kier molecular flexibility index (Phi) is 5.08. The maximum Gasteiger partial charge on any atom is 0.337 e. The Labute approximate surface area is 116 Å². The van der Waals surface area contributed by atoms with Gasteiger partial charge in [0.05, 0.1) is 11.3 Å². The maximum absolute atomic E-state index is 11.7. The van der Waals surface area contributed by atoms with Gasteiger partial charge < -0.3 is 21.1 Å². The number of carbonyl (C=O) groups excluding carboxylic acids is 2. The SMILES string of the molecule is CNC(=O)C(C)NC(=O)Nc1ccc(C)cc1C(=O)O. The Morgan fingerprint density at radius 3 is 2.45 bits per heavy atom. The van der Waals surface area contributed by atoms with Crippen molar-refractivity contribution in [3.63, 3.8) is 0 Å². The van der Waals surface area contributed by atoms with E-state index in [0.29, 0.717) is 0 Å². The van der Waals surface area contributed by atoms with Crippen LogP contribution in [0.2, 0.25) is 0 Å². The number of aromatic carboxylic acids is 1. The minimum absolute atomic E-state index is 0.00672. The molecular weight excluding hydrogens is 262 g/mol. The zero-order valence-corrected chi connectivity index (χ0v) is 11.5. The van der Waals surface area contributed by atoms with Gasteiger partial charge in [0.15, 0.2) is 0 Å². The fourth-order valence-electron chi connectivity index (χ4n) is 1.58. The third kappa shape index (κ3) is 3.98. The second-order valence-electron chi connectivity index (χ2n) is 4.29. The van der Waals surface area contributed by atoms with Gasteiger partial charge in [0.2, 0.25) is 5.91 Å². The van der Waals surface area contributed by atoms with Crippen molar-refractivity contribution in [2.24, 2.45) is 0 Å². The van der Waals surface area contributed by atoms with Crippen LogP contribution in [0.5, 0.6) is 0 Å². The molecule has 108 valence electrons. The molecule has 1 unspecified atom stereocenters. The van der Waals surface area contributed by atoms with Gasteiger partial charge in [0.25, 0.3) is 0 Å². The molecule has 0 heterocycles. The van der Waals surface area contributed by atoms with E-state index in [0.717, 1.165) is 5.56 Å². The lowest BCUT2D eigenvalue weighted by Gasteiger charge is -2.14. The molecule has 0 fully saturated rings. The van der Waals surface area contributed by atoms with Gasteiger partial charge in [-0.15, -0.1) is 0 Å². The lowest BCUT2D eigenvalue weighted by atomic mass is 10.1. The number of carboxylic acid groups (broad SMARTS) is 1. The highest BCUT2D eigenvalue weighted by atomic mass is 16.4. The van der Waals surface area contributed by atoms with Gasteiger partial charge in [-0.3, -0.25) is 4.79 Å². The zero-order chi connectivity index (χ0) is 15.3. The lowest BCUT2D eigenvalue weighted by Crippen LogP contribution is -2.45. The first-order chi connectivity index (χ1) is 9.35. The number of benzene rings is 1. The van der Waals surface area contributed by atoms with Crippen molar-refractivity contribution >= 4 is 23.6 Å². The summed E-state index contributed by atoms with van der Waals surface area (Å²) in [5.74, 6) is -1.48. The van der Waals surface area contributed by atoms with Crippen LogP contribution in [0.25, 0.3) is 0 Å². The van der Waals surface area contributed by atoms with Crippen molar-refractivity contribution in [3.8, 4) is 0 Å². The zero-order valence-electron chi connectivity index (χ0n) is 11.5. The van der Waals surface area contributed by atoms with Crippen molar-refractivity contribution in [3.05, 3.63) is 29.3 Å². The Morgan fingerprint density at radius 2 is 1.90 bits per heavy atom. The number of likely N-dealkylation sites (N-methyl/N-ethyl adjacent to an activating group) is 1. The van der Waals surface area contributed by atoms with Gasteiger partial charge in [-0.2, -0.15) is 0 Å². The number of rotatable bonds is 4. The first-order valence-corrected chi connectivity index (χ1v) is 5.98. The number of carboxylic acids is 1. The topological polar surface area (TPSA) is 108 Å². The van der Waals surface area contributed by atoms with Crippen LogP contribution < -0.4 is 16.0 Å². The highest BCUT2D eigenvalue weighted by Crippen LogP contribution is 2.17. The average molecular weight is 279 g/mol. The second kappa shape index (κ2) is 6.55. The van der Waals surface area contributed by atoms with Gasteiger partial charge in [-0.1, -0.05) is 11.6 Å². The number of hydrogen-bond acceptors (Lipinski definition) is 3. The van der Waals surface area contributed by atoms with Crippen LogP contribution in [0.1, 0.15) is 22.8 Å². The summed E-state index contributed by atoms with van der Waals surface area (Å²) >= 11 is 0. The first-order valence-electron chi connectivity index (χ1n) is 5.98. The van der Waals surface area contributed by atoms with Gasteiger partial charge in [-0.25, -0.2) is 9.59 Å². The Balaban J connectivity index is 2.81. The number of hydrogen-bond donors (Lipinski definition) is 4. The molecule has 3 amide bonds. The summed E-state index contributed by atoms with van der Waals surface area (Å²) in [6, 6.07) is 3.28. The molecule has 0 spiro atoms. The molecule has 0 bridgehead atoms. The molecular formula is C13H17N3O4. The van der Waals surface area contributed by atoms with Crippen molar-refractivity contribution in [2.45, 2.75) is 19.9 Å². The minimum Gasteiger partial charge on any atom is -0.478 e. The molecule has 1 atom stereocenters. The highest BCUT2D eigenvalue weighted by molar-refractivity contribution is 6.01. The average Bonchev–Trinajstić information content (AvgIpc) is 2.39. The number of amides is 3. The van der Waals surface area contributed by atoms with Crippen LogP contribution in [0.4, 0.5) is 10.5 Å². The Hall–Kier alpha value is -2.57. The molecule has 0 aliphatic rings. The molecule has 7 heteroatoms. The van der Waals surface area contributed by atoms with Crippen molar-refractivity contribution in [2.75, 3.05) is 12.4 Å². The first kappa shape index (κ1) is 15.5. The molecule has 0 saturated carbocycles. The number of aryl methyl sites for hydroxylation is 1. The standard InChI is InChI=1S/C13H17N3O4/c1-7-4-5-10(9(6-7)12(18)19)16-13(20)15-8(2)11(17)14-3/h4-6,8H,1-3H3,(H,14,17)(H,18,19)(H2,15,16,20). The van der Waals surface area contributed by atoms with E-state index < -0.39 is 18.0 Å². The van der Waals surface area contributed by atoms with E-state index in [2.05, 4.69) is 16.0 Å². The predicted octanol–water partition coefficient (Wildman–Crippen LogP) is 0.949. The molecule has 20 heavy (non-hydrogen) atoms. The summed E-state index contributed by atoms with van der Waals surface area (Å²) < 4.78 is 0. The largest absolute Gasteiger partial charge is 0.478 e. The van der Waals surface area contributed by atoms with E-state index in [-0.39, 0.29) is 17.2 Å². The summed E-state index contributed by atoms with van der Waals surface area (Å²) in [4.78, 5) is 34.1. The van der Waals surface area contributed by atoms with Crippen LogP contribution in [-0.4, -0.2) is 36.1 Å². The molecule has 1 rings (SSSR count). The smallest absolute Gasteiger partial charge is 0.337 e. The van der Waals surface area contributed by atoms with Gasteiger partial charge in [0, 0.05) is 7.05 Å². The molecule has 0 saturated heterocycles. The van der Waals surface area contributed by atoms with Crippen molar-refractivity contribution < 1.29 is 19.5 Å². The molecule has 1 aromatic carbocycles. The third-order valence-electron chi connectivity index (χ3n) is 2.64. The molecule has 0 radical (unpaired) electrons. The quantitative estimate of drug-likeness (QED) is 0.658. The number of nitrogens with one attached hydrogen (secondary N) is 3. The summed E-state index contributed by atoms with van der Waals surface area (Å²) in [6.45, 7) is 3.27. The Morgan fingerprint density at radius 1 is 1.25 bits per heavy atom. The van der Waals surface area contributed by atoms with E-state index in [9.17, 15) is 14.4 Å². The van der Waals surface area contributed by atoms with Crippen LogP contribution in [0, 0.1) is 6.92 Å². The maximum atomic E-state index is 11.7. The normalized spacial score (nSPS) is 11.3. The monoisotopic (exact) mass is 279 g/mol. The van der Waals surface area contributed by atoms with E-state index in [1.165, 1.54) is 26.1 Å². The molecule has 0 aliphatic heterocycles. The minimum atomic E-state index is -1.14. The lowest BCUT2D eigenvalue weighted by molar-refractivity contribution is -0.122. The fraction of sp³-hybridized carbons (Fsp3) is 0.308. The highest BCUT2D eigenvalue weighted by Gasteiger charge is 2.16. The fourth-order valence-corrected chi connectivity index (χ4v) is 1.58. The molecule has 7 nitrogen and oxygen atoms in total. The van der Waals surface area contributed by atoms with E-state index in [4.69, 9.17) is 5.11 Å². The second-order valence-corrected chi connectivity index (χ2v) is 4.29.